The van der Waals surface area contributed by atoms with E-state index in [4.69, 9.17) is 0 Å². The maximum absolute atomic E-state index is 13.2. The highest BCUT2D eigenvalue weighted by molar-refractivity contribution is 5.72. The molecule has 0 saturated heterocycles. The summed E-state index contributed by atoms with van der Waals surface area (Å²) in [6.07, 6.45) is 0. The molecule has 0 spiro atoms. The molecule has 1 amide bonds. The number of hydrogen-bond donors (Lipinski definition) is 2. The number of carbonyl (C=O) groups is 1. The summed E-state index contributed by atoms with van der Waals surface area (Å²) >= 11 is 0. The lowest BCUT2D eigenvalue weighted by molar-refractivity contribution is -0.118. The third-order valence-corrected chi connectivity index (χ3v) is 2.08. The Bertz CT molecular complexity index is 410. The zero-order valence-electron chi connectivity index (χ0n) is 9.32. The van der Waals surface area contributed by atoms with Crippen LogP contribution in [0.3, 0.4) is 0 Å². The van der Waals surface area contributed by atoms with Gasteiger partial charge in [-0.3, -0.25) is 4.79 Å². The molecule has 17 heavy (non-hydrogen) atoms. The molecular formula is C11H13F3N2O. The Morgan fingerprint density at radius 2 is 1.76 bits per heavy atom. The summed E-state index contributed by atoms with van der Waals surface area (Å²) < 4.78 is 38.6. The van der Waals surface area contributed by atoms with Crippen molar-refractivity contribution in [1.82, 2.24) is 10.6 Å². The SMILES string of the molecule is CC(=O)NCCNCc1cc(F)c(F)cc1F. The van der Waals surface area contributed by atoms with Crippen LogP contribution in [-0.2, 0) is 11.3 Å². The van der Waals surface area contributed by atoms with Gasteiger partial charge < -0.3 is 10.6 Å². The molecule has 1 aromatic carbocycles. The molecule has 0 atom stereocenters. The molecule has 0 saturated carbocycles. The smallest absolute Gasteiger partial charge is 0.216 e. The predicted molar refractivity (Wildman–Crippen MR) is 56.7 cm³/mol. The van der Waals surface area contributed by atoms with Gasteiger partial charge >= 0.3 is 0 Å². The fourth-order valence-corrected chi connectivity index (χ4v) is 1.25. The molecule has 6 heteroatoms. The number of carbonyl (C=O) groups excluding carboxylic acids is 1. The van der Waals surface area contributed by atoms with Gasteiger partial charge in [0.25, 0.3) is 0 Å². The molecule has 3 nitrogen and oxygen atoms in total. The van der Waals surface area contributed by atoms with Gasteiger partial charge in [0.05, 0.1) is 0 Å². The second-order valence-corrected chi connectivity index (χ2v) is 3.52. The second-order valence-electron chi connectivity index (χ2n) is 3.52. The van der Waals surface area contributed by atoms with Crippen LogP contribution in [0.1, 0.15) is 12.5 Å². The Balaban J connectivity index is 2.41. The number of amides is 1. The first-order chi connectivity index (χ1) is 8.00. The van der Waals surface area contributed by atoms with Gasteiger partial charge in [-0.25, -0.2) is 13.2 Å². The fourth-order valence-electron chi connectivity index (χ4n) is 1.25. The summed E-state index contributed by atoms with van der Waals surface area (Å²) in [5.74, 6) is -3.24. The van der Waals surface area contributed by atoms with Crippen LogP contribution in [0.2, 0.25) is 0 Å². The zero-order valence-corrected chi connectivity index (χ0v) is 9.32. The van der Waals surface area contributed by atoms with Gasteiger partial charge in [0.15, 0.2) is 11.6 Å². The topological polar surface area (TPSA) is 41.1 Å². The minimum absolute atomic E-state index is 0.0479. The van der Waals surface area contributed by atoms with Crippen molar-refractivity contribution in [2.45, 2.75) is 13.5 Å². The van der Waals surface area contributed by atoms with Crippen LogP contribution in [0.4, 0.5) is 13.2 Å². The fraction of sp³-hybridized carbons (Fsp3) is 0.364. The van der Waals surface area contributed by atoms with Gasteiger partial charge in [0.1, 0.15) is 5.82 Å². The van der Waals surface area contributed by atoms with Gasteiger partial charge in [-0.1, -0.05) is 0 Å². The van der Waals surface area contributed by atoms with Crippen molar-refractivity contribution >= 4 is 5.91 Å². The summed E-state index contributed by atoms with van der Waals surface area (Å²) in [5.41, 5.74) is 0.0479. The van der Waals surface area contributed by atoms with Crippen molar-refractivity contribution < 1.29 is 18.0 Å². The Hall–Kier alpha value is -1.56. The minimum Gasteiger partial charge on any atom is -0.355 e. The second kappa shape index (κ2) is 6.24. The van der Waals surface area contributed by atoms with Gasteiger partial charge in [-0.2, -0.15) is 0 Å². The summed E-state index contributed by atoms with van der Waals surface area (Å²) in [6, 6.07) is 1.33. The van der Waals surface area contributed by atoms with Crippen LogP contribution >= 0.6 is 0 Å². The number of halogens is 3. The molecule has 2 N–H and O–H groups in total. The first kappa shape index (κ1) is 13.5. The first-order valence-corrected chi connectivity index (χ1v) is 5.09. The van der Waals surface area contributed by atoms with Crippen molar-refractivity contribution in [3.8, 4) is 0 Å². The van der Waals surface area contributed by atoms with Crippen LogP contribution in [0.25, 0.3) is 0 Å². The summed E-state index contributed by atoms with van der Waals surface area (Å²) in [5, 5.41) is 5.34. The molecule has 0 aliphatic heterocycles. The van der Waals surface area contributed by atoms with E-state index in [9.17, 15) is 18.0 Å². The van der Waals surface area contributed by atoms with Crippen LogP contribution < -0.4 is 10.6 Å². The van der Waals surface area contributed by atoms with Crippen LogP contribution in [0, 0.1) is 17.5 Å². The minimum atomic E-state index is -1.20. The monoisotopic (exact) mass is 246 g/mol. The average Bonchev–Trinajstić information content (AvgIpc) is 2.24. The van der Waals surface area contributed by atoms with E-state index in [0.29, 0.717) is 19.2 Å². The molecule has 0 radical (unpaired) electrons. The van der Waals surface area contributed by atoms with Crippen molar-refractivity contribution in [2.75, 3.05) is 13.1 Å². The first-order valence-electron chi connectivity index (χ1n) is 5.09. The molecule has 0 aromatic heterocycles. The molecule has 0 bridgehead atoms. The number of rotatable bonds is 5. The standard InChI is InChI=1S/C11H13F3N2O/c1-7(17)16-3-2-15-6-8-4-10(13)11(14)5-9(8)12/h4-5,15H,2-3,6H2,1H3,(H,16,17). The molecule has 0 aliphatic carbocycles. The summed E-state index contributed by atoms with van der Waals surface area (Å²) in [7, 11) is 0. The molecule has 0 aliphatic rings. The number of benzene rings is 1. The molecule has 0 fully saturated rings. The highest BCUT2D eigenvalue weighted by Gasteiger charge is 2.08. The maximum atomic E-state index is 13.2. The highest BCUT2D eigenvalue weighted by Crippen LogP contribution is 2.13. The van der Waals surface area contributed by atoms with Crippen LogP contribution in [0.5, 0.6) is 0 Å². The third kappa shape index (κ3) is 4.44. The van der Waals surface area contributed by atoms with Gasteiger partial charge in [-0.05, 0) is 6.07 Å². The van der Waals surface area contributed by atoms with E-state index >= 15 is 0 Å². The van der Waals surface area contributed by atoms with E-state index in [1.807, 2.05) is 0 Å². The van der Waals surface area contributed by atoms with Crippen LogP contribution in [-0.4, -0.2) is 19.0 Å². The van der Waals surface area contributed by atoms with Crippen LogP contribution in [0.15, 0.2) is 12.1 Å². The van der Waals surface area contributed by atoms with E-state index < -0.39 is 17.5 Å². The molecule has 1 rings (SSSR count). The Morgan fingerprint density at radius 3 is 2.41 bits per heavy atom. The number of nitrogens with one attached hydrogen (secondary N) is 2. The van der Waals surface area contributed by atoms with Gasteiger partial charge in [-0.15, -0.1) is 0 Å². The quantitative estimate of drug-likeness (QED) is 0.608. The molecular weight excluding hydrogens is 233 g/mol. The van der Waals surface area contributed by atoms with E-state index in [1.54, 1.807) is 0 Å². The lowest BCUT2D eigenvalue weighted by Gasteiger charge is -2.07. The summed E-state index contributed by atoms with van der Waals surface area (Å²) in [4.78, 5) is 10.5. The van der Waals surface area contributed by atoms with E-state index in [1.165, 1.54) is 6.92 Å². The Labute approximate surface area is 97.0 Å². The van der Waals surface area contributed by atoms with E-state index in [2.05, 4.69) is 10.6 Å². The lowest BCUT2D eigenvalue weighted by atomic mass is 10.2. The van der Waals surface area contributed by atoms with Crippen molar-refractivity contribution in [3.63, 3.8) is 0 Å². The maximum Gasteiger partial charge on any atom is 0.216 e. The predicted octanol–water partition coefficient (Wildman–Crippen LogP) is 1.33. The highest BCUT2D eigenvalue weighted by atomic mass is 19.2. The molecule has 1 aromatic rings. The van der Waals surface area contributed by atoms with Crippen molar-refractivity contribution in [2.24, 2.45) is 0 Å². The molecule has 0 heterocycles. The number of hydrogen-bond acceptors (Lipinski definition) is 2. The van der Waals surface area contributed by atoms with E-state index in [-0.39, 0.29) is 18.0 Å². The van der Waals surface area contributed by atoms with Gasteiger partial charge in [0.2, 0.25) is 5.91 Å². The Kier molecular flexibility index (Phi) is 4.96. The molecule has 0 unspecified atom stereocenters. The summed E-state index contributed by atoms with van der Waals surface area (Å²) in [6.45, 7) is 2.26. The largest absolute Gasteiger partial charge is 0.355 e. The third-order valence-electron chi connectivity index (χ3n) is 2.08. The van der Waals surface area contributed by atoms with Gasteiger partial charge in [0, 0.05) is 38.2 Å². The Morgan fingerprint density at radius 1 is 1.12 bits per heavy atom. The van der Waals surface area contributed by atoms with E-state index in [0.717, 1.165) is 6.07 Å². The normalized spacial score (nSPS) is 10.4. The molecule has 94 valence electrons. The van der Waals surface area contributed by atoms with Crippen molar-refractivity contribution in [1.29, 1.82) is 0 Å². The zero-order chi connectivity index (χ0) is 12.8. The lowest BCUT2D eigenvalue weighted by Crippen LogP contribution is -2.30. The average molecular weight is 246 g/mol. The van der Waals surface area contributed by atoms with Crippen molar-refractivity contribution in [3.05, 3.63) is 35.1 Å².